The Kier molecular flexibility index (Phi) is 5.01. The molecule has 0 aliphatic heterocycles. The molecule has 2 aromatic rings. The fourth-order valence-corrected chi connectivity index (χ4v) is 3.33. The third-order valence-corrected chi connectivity index (χ3v) is 4.89. The van der Waals surface area contributed by atoms with Crippen LogP contribution in [0.1, 0.15) is 16.0 Å². The first-order valence-corrected chi connectivity index (χ1v) is 7.86. The molecule has 94 valence electrons. The molecule has 1 atom stereocenters. The Labute approximate surface area is 137 Å². The van der Waals surface area contributed by atoms with E-state index in [0.29, 0.717) is 15.1 Å². The molecule has 0 amide bonds. The van der Waals surface area contributed by atoms with E-state index < -0.39 is 0 Å². The van der Waals surface area contributed by atoms with Gasteiger partial charge in [0.1, 0.15) is 0 Å². The van der Waals surface area contributed by atoms with Gasteiger partial charge in [0.15, 0.2) is 0 Å². The average Bonchev–Trinajstić information content (AvgIpc) is 2.30. The molecule has 18 heavy (non-hydrogen) atoms. The predicted molar refractivity (Wildman–Crippen MR) is 86.4 cm³/mol. The van der Waals surface area contributed by atoms with Gasteiger partial charge in [-0.1, -0.05) is 72.7 Å². The zero-order chi connectivity index (χ0) is 13.3. The fraction of sp³-hybridized carbons (Fsp3) is 0.0769. The van der Waals surface area contributed by atoms with Crippen molar-refractivity contribution < 1.29 is 0 Å². The summed E-state index contributed by atoms with van der Waals surface area (Å²) >= 11 is 25.0. The number of alkyl halides is 1. The monoisotopic (exact) mass is 426 g/mol. The minimum atomic E-state index is 0.0160. The van der Waals surface area contributed by atoms with Crippen LogP contribution in [0.2, 0.25) is 15.1 Å². The quantitative estimate of drug-likeness (QED) is 0.456. The maximum absolute atomic E-state index is 6.04. The molecule has 0 N–H and O–H groups in total. The predicted octanol–water partition coefficient (Wildman–Crippen LogP) is 6.89. The van der Waals surface area contributed by atoms with E-state index in [1.165, 1.54) is 0 Å². The maximum Gasteiger partial charge on any atom is 0.0646 e. The molecule has 0 spiro atoms. The molecule has 0 heterocycles. The summed E-state index contributed by atoms with van der Waals surface area (Å²) in [6.45, 7) is 0. The van der Waals surface area contributed by atoms with E-state index in [2.05, 4.69) is 31.9 Å². The van der Waals surface area contributed by atoms with Crippen molar-refractivity contribution in [1.29, 1.82) is 0 Å². The smallest absolute Gasteiger partial charge is 0.0646 e. The Morgan fingerprint density at radius 2 is 1.56 bits per heavy atom. The Morgan fingerprint density at radius 1 is 0.833 bits per heavy atom. The zero-order valence-corrected chi connectivity index (χ0v) is 14.4. The van der Waals surface area contributed by atoms with Gasteiger partial charge in [-0.15, -0.1) is 0 Å². The molecule has 2 aromatic carbocycles. The lowest BCUT2D eigenvalue weighted by molar-refractivity contribution is 1.17. The number of hydrogen-bond acceptors (Lipinski definition) is 0. The molecule has 0 bridgehead atoms. The highest BCUT2D eigenvalue weighted by Gasteiger charge is 2.13. The third-order valence-electron chi connectivity index (χ3n) is 2.41. The SMILES string of the molecule is Clc1cc(Br)cc(C(Br)c2ccc(Cl)c(Cl)c2)c1. The summed E-state index contributed by atoms with van der Waals surface area (Å²) < 4.78 is 0.939. The number of benzene rings is 2. The van der Waals surface area contributed by atoms with Crippen LogP contribution in [0.25, 0.3) is 0 Å². The van der Waals surface area contributed by atoms with Gasteiger partial charge in [-0.05, 0) is 41.5 Å². The normalized spacial score (nSPS) is 12.5. The van der Waals surface area contributed by atoms with Gasteiger partial charge in [0.25, 0.3) is 0 Å². The van der Waals surface area contributed by atoms with Gasteiger partial charge in [0.2, 0.25) is 0 Å². The van der Waals surface area contributed by atoms with Crippen molar-refractivity contribution in [1.82, 2.24) is 0 Å². The van der Waals surface area contributed by atoms with Crippen molar-refractivity contribution in [2.24, 2.45) is 0 Å². The minimum Gasteiger partial charge on any atom is -0.0843 e. The second-order valence-electron chi connectivity index (χ2n) is 3.74. The van der Waals surface area contributed by atoms with Gasteiger partial charge < -0.3 is 0 Å². The van der Waals surface area contributed by atoms with E-state index in [0.717, 1.165) is 15.6 Å². The van der Waals surface area contributed by atoms with Gasteiger partial charge in [-0.2, -0.15) is 0 Å². The van der Waals surface area contributed by atoms with Crippen molar-refractivity contribution in [3.63, 3.8) is 0 Å². The summed E-state index contributed by atoms with van der Waals surface area (Å²) in [5.41, 5.74) is 2.08. The van der Waals surface area contributed by atoms with E-state index in [4.69, 9.17) is 34.8 Å². The van der Waals surface area contributed by atoms with Gasteiger partial charge in [0, 0.05) is 9.50 Å². The van der Waals surface area contributed by atoms with Crippen LogP contribution in [-0.4, -0.2) is 0 Å². The van der Waals surface area contributed by atoms with Crippen LogP contribution in [0, 0.1) is 0 Å². The van der Waals surface area contributed by atoms with Crippen LogP contribution in [0.15, 0.2) is 40.9 Å². The van der Waals surface area contributed by atoms with E-state index in [1.54, 1.807) is 6.07 Å². The number of rotatable bonds is 2. The molecule has 0 radical (unpaired) electrons. The van der Waals surface area contributed by atoms with E-state index >= 15 is 0 Å². The molecule has 2 rings (SSSR count). The second-order valence-corrected chi connectivity index (χ2v) is 6.82. The van der Waals surface area contributed by atoms with Crippen LogP contribution in [-0.2, 0) is 0 Å². The van der Waals surface area contributed by atoms with E-state index in [-0.39, 0.29) is 4.83 Å². The Bertz CT molecular complexity index is 564. The first-order chi connectivity index (χ1) is 8.47. The van der Waals surface area contributed by atoms with Crippen molar-refractivity contribution >= 4 is 66.7 Å². The molecule has 0 fully saturated rings. The Balaban J connectivity index is 2.40. The molecular weight excluding hydrogens is 422 g/mol. The highest BCUT2D eigenvalue weighted by molar-refractivity contribution is 9.10. The lowest BCUT2D eigenvalue weighted by Gasteiger charge is -2.12. The molecule has 0 aromatic heterocycles. The topological polar surface area (TPSA) is 0 Å². The lowest BCUT2D eigenvalue weighted by Crippen LogP contribution is -1.93. The van der Waals surface area contributed by atoms with E-state index in [9.17, 15) is 0 Å². The van der Waals surface area contributed by atoms with Crippen LogP contribution in [0.5, 0.6) is 0 Å². The van der Waals surface area contributed by atoms with Crippen LogP contribution in [0.3, 0.4) is 0 Å². The summed E-state index contributed by atoms with van der Waals surface area (Å²) in [5, 5.41) is 1.77. The van der Waals surface area contributed by atoms with Crippen LogP contribution >= 0.6 is 66.7 Å². The summed E-state index contributed by atoms with van der Waals surface area (Å²) in [7, 11) is 0. The summed E-state index contributed by atoms with van der Waals surface area (Å²) in [6, 6.07) is 11.3. The average molecular weight is 429 g/mol. The van der Waals surface area contributed by atoms with Gasteiger partial charge in [-0.3, -0.25) is 0 Å². The summed E-state index contributed by atoms with van der Waals surface area (Å²) in [6.07, 6.45) is 0. The molecular formula is C13H7Br2Cl3. The fourth-order valence-electron chi connectivity index (χ4n) is 1.58. The molecule has 0 nitrogen and oxygen atoms in total. The van der Waals surface area contributed by atoms with Gasteiger partial charge in [0.05, 0.1) is 14.9 Å². The zero-order valence-electron chi connectivity index (χ0n) is 8.93. The summed E-state index contributed by atoms with van der Waals surface area (Å²) in [5.74, 6) is 0. The van der Waals surface area contributed by atoms with Gasteiger partial charge >= 0.3 is 0 Å². The highest BCUT2D eigenvalue weighted by atomic mass is 79.9. The minimum absolute atomic E-state index is 0.0160. The highest BCUT2D eigenvalue weighted by Crippen LogP contribution is 2.36. The summed E-state index contributed by atoms with van der Waals surface area (Å²) in [4.78, 5) is 0.0160. The first-order valence-electron chi connectivity index (χ1n) is 5.02. The molecule has 0 aliphatic carbocycles. The standard InChI is InChI=1S/C13H7Br2Cl3/c14-9-3-8(4-10(16)6-9)13(15)7-1-2-11(17)12(18)5-7/h1-6,13H. The van der Waals surface area contributed by atoms with Crippen LogP contribution < -0.4 is 0 Å². The number of hydrogen-bond donors (Lipinski definition) is 0. The molecule has 0 saturated carbocycles. The van der Waals surface area contributed by atoms with Crippen molar-refractivity contribution in [2.45, 2.75) is 4.83 Å². The molecule has 0 saturated heterocycles. The largest absolute Gasteiger partial charge is 0.0843 e. The van der Waals surface area contributed by atoms with Crippen LogP contribution in [0.4, 0.5) is 0 Å². The molecule has 5 heteroatoms. The molecule has 0 aliphatic rings. The van der Waals surface area contributed by atoms with Crippen molar-refractivity contribution in [3.05, 3.63) is 67.1 Å². The van der Waals surface area contributed by atoms with Crippen molar-refractivity contribution in [3.8, 4) is 0 Å². The Morgan fingerprint density at radius 3 is 2.17 bits per heavy atom. The first kappa shape index (κ1) is 14.7. The number of halogens is 5. The van der Waals surface area contributed by atoms with Gasteiger partial charge in [-0.25, -0.2) is 0 Å². The van der Waals surface area contributed by atoms with Crippen molar-refractivity contribution in [2.75, 3.05) is 0 Å². The second kappa shape index (κ2) is 6.15. The third kappa shape index (κ3) is 3.43. The lowest BCUT2D eigenvalue weighted by atomic mass is 10.1. The molecule has 1 unspecified atom stereocenters. The maximum atomic E-state index is 6.04. The Hall–Kier alpha value is 0.270. The van der Waals surface area contributed by atoms with E-state index in [1.807, 2.05) is 30.3 Å².